The number of hydrogen-bond donors (Lipinski definition) is 3. The van der Waals surface area contributed by atoms with Crippen molar-refractivity contribution < 1.29 is 29.6 Å². The van der Waals surface area contributed by atoms with Crippen molar-refractivity contribution >= 4 is 12.1 Å². The van der Waals surface area contributed by atoms with E-state index in [4.69, 9.17) is 9.84 Å². The van der Waals surface area contributed by atoms with Gasteiger partial charge in [-0.15, -0.1) is 0 Å². The molecule has 3 atom stereocenters. The van der Waals surface area contributed by atoms with E-state index < -0.39 is 35.4 Å². The molecule has 0 aromatic carbocycles. The molecule has 1 saturated heterocycles. The Bertz CT molecular complexity index is 363. The molecule has 104 valence electrons. The van der Waals surface area contributed by atoms with Crippen molar-refractivity contribution in [1.82, 2.24) is 4.90 Å². The molecule has 0 saturated carbocycles. The van der Waals surface area contributed by atoms with Crippen molar-refractivity contribution in [3.63, 3.8) is 0 Å². The fraction of sp³-hybridized carbons (Fsp3) is 0.818. The van der Waals surface area contributed by atoms with Crippen LogP contribution in [0.2, 0.25) is 0 Å². The molecule has 3 N–H and O–H groups in total. The Morgan fingerprint density at radius 3 is 2.22 bits per heavy atom. The molecule has 0 aromatic rings. The Morgan fingerprint density at radius 2 is 1.83 bits per heavy atom. The van der Waals surface area contributed by atoms with Crippen LogP contribution < -0.4 is 0 Å². The van der Waals surface area contributed by atoms with Crippen molar-refractivity contribution in [2.24, 2.45) is 0 Å². The predicted octanol–water partition coefficient (Wildman–Crippen LogP) is -0.198. The number of ether oxygens (including phenoxy) is 1. The number of nitrogens with zero attached hydrogens (tertiary/aromatic N) is 1. The Hall–Kier alpha value is -1.34. The number of rotatable bonds is 1. The first-order chi connectivity index (χ1) is 8.00. The third kappa shape index (κ3) is 2.41. The molecule has 0 bridgehead atoms. The summed E-state index contributed by atoms with van der Waals surface area (Å²) in [6, 6.07) is 0. The summed E-state index contributed by atoms with van der Waals surface area (Å²) in [7, 11) is 0. The van der Waals surface area contributed by atoms with Gasteiger partial charge in [0.15, 0.2) is 5.54 Å². The molecule has 1 aliphatic heterocycles. The lowest BCUT2D eigenvalue weighted by Crippen LogP contribution is -2.57. The summed E-state index contributed by atoms with van der Waals surface area (Å²) in [5, 5.41) is 28.4. The summed E-state index contributed by atoms with van der Waals surface area (Å²) in [6.45, 7) is 5.84. The quantitative estimate of drug-likeness (QED) is 0.603. The zero-order valence-electron chi connectivity index (χ0n) is 10.9. The van der Waals surface area contributed by atoms with E-state index in [1.54, 1.807) is 20.8 Å². The number of likely N-dealkylation sites (tertiary alicyclic amines) is 1. The highest BCUT2D eigenvalue weighted by Gasteiger charge is 2.58. The minimum Gasteiger partial charge on any atom is -0.479 e. The van der Waals surface area contributed by atoms with Gasteiger partial charge in [-0.3, -0.25) is 4.90 Å². The molecule has 1 heterocycles. The molecule has 1 amide bonds. The summed E-state index contributed by atoms with van der Waals surface area (Å²) in [6.07, 6.45) is -3.73. The minimum atomic E-state index is -1.89. The molecule has 0 aromatic heterocycles. The second-order valence-corrected chi connectivity index (χ2v) is 5.56. The third-order valence-electron chi connectivity index (χ3n) is 2.92. The lowest BCUT2D eigenvalue weighted by molar-refractivity contribution is -0.154. The monoisotopic (exact) mass is 261 g/mol. The van der Waals surface area contributed by atoms with Crippen LogP contribution in [0.25, 0.3) is 0 Å². The van der Waals surface area contributed by atoms with Gasteiger partial charge in [0.2, 0.25) is 0 Å². The molecule has 1 fully saturated rings. The summed E-state index contributed by atoms with van der Waals surface area (Å²) in [5.74, 6) is -1.39. The van der Waals surface area contributed by atoms with E-state index in [2.05, 4.69) is 0 Å². The second-order valence-electron chi connectivity index (χ2n) is 5.56. The van der Waals surface area contributed by atoms with E-state index in [0.29, 0.717) is 0 Å². The Balaban J connectivity index is 3.01. The van der Waals surface area contributed by atoms with Gasteiger partial charge >= 0.3 is 12.1 Å². The highest BCUT2D eigenvalue weighted by atomic mass is 16.6. The number of amides is 1. The van der Waals surface area contributed by atoms with Crippen LogP contribution in [0.5, 0.6) is 0 Å². The number of aliphatic hydroxyl groups is 2. The molecule has 0 aliphatic carbocycles. The highest BCUT2D eigenvalue weighted by Crippen LogP contribution is 2.31. The van der Waals surface area contributed by atoms with Gasteiger partial charge in [-0.05, 0) is 27.7 Å². The number of carboxylic acid groups (broad SMARTS) is 1. The topological polar surface area (TPSA) is 107 Å². The number of carbonyl (C=O) groups is 2. The van der Waals surface area contributed by atoms with Gasteiger partial charge in [-0.1, -0.05) is 0 Å². The van der Waals surface area contributed by atoms with E-state index in [0.717, 1.165) is 4.90 Å². The molecule has 0 unspecified atom stereocenters. The molecular weight excluding hydrogens is 242 g/mol. The summed E-state index contributed by atoms with van der Waals surface area (Å²) < 4.78 is 5.07. The van der Waals surface area contributed by atoms with E-state index in [1.807, 2.05) is 0 Å². The molecular formula is C11H19NO6. The number of hydrogen-bond acceptors (Lipinski definition) is 5. The van der Waals surface area contributed by atoms with E-state index in [9.17, 15) is 19.8 Å². The third-order valence-corrected chi connectivity index (χ3v) is 2.92. The molecule has 18 heavy (non-hydrogen) atoms. The first kappa shape index (κ1) is 14.7. The van der Waals surface area contributed by atoms with Crippen LogP contribution in [0.4, 0.5) is 4.79 Å². The summed E-state index contributed by atoms with van der Waals surface area (Å²) in [4.78, 5) is 24.0. The summed E-state index contributed by atoms with van der Waals surface area (Å²) >= 11 is 0. The molecule has 7 heteroatoms. The Morgan fingerprint density at radius 1 is 1.33 bits per heavy atom. The molecule has 1 rings (SSSR count). The Kier molecular flexibility index (Phi) is 3.60. The predicted molar refractivity (Wildman–Crippen MR) is 61.0 cm³/mol. The van der Waals surface area contributed by atoms with Crippen molar-refractivity contribution in [3.05, 3.63) is 0 Å². The van der Waals surface area contributed by atoms with Crippen LogP contribution in [-0.2, 0) is 9.53 Å². The van der Waals surface area contributed by atoms with Crippen LogP contribution in [-0.4, -0.2) is 62.2 Å². The average molecular weight is 261 g/mol. The van der Waals surface area contributed by atoms with Gasteiger partial charge in [0.05, 0.1) is 6.54 Å². The number of carboxylic acids is 1. The largest absolute Gasteiger partial charge is 0.479 e. The molecule has 0 spiro atoms. The van der Waals surface area contributed by atoms with Crippen LogP contribution in [0, 0.1) is 0 Å². The maximum absolute atomic E-state index is 11.9. The fourth-order valence-corrected chi connectivity index (χ4v) is 1.83. The number of carbonyl (C=O) groups excluding carboxylic acids is 1. The zero-order chi connectivity index (χ0) is 14.3. The van der Waals surface area contributed by atoms with Crippen LogP contribution in [0.3, 0.4) is 0 Å². The SMILES string of the molecule is CC(C)(C)OC(=O)N1C[C@H](O)[C@H](O)[C@@]1(C)C(=O)O. The van der Waals surface area contributed by atoms with Crippen LogP contribution >= 0.6 is 0 Å². The Labute approximate surface area is 105 Å². The van der Waals surface area contributed by atoms with E-state index >= 15 is 0 Å². The number of aliphatic hydroxyl groups excluding tert-OH is 2. The molecule has 7 nitrogen and oxygen atoms in total. The fourth-order valence-electron chi connectivity index (χ4n) is 1.83. The van der Waals surface area contributed by atoms with Gasteiger partial charge in [-0.2, -0.15) is 0 Å². The minimum absolute atomic E-state index is 0.279. The van der Waals surface area contributed by atoms with Crippen molar-refractivity contribution in [3.8, 4) is 0 Å². The number of aliphatic carboxylic acids is 1. The van der Waals surface area contributed by atoms with Gasteiger partial charge < -0.3 is 20.1 Å². The average Bonchev–Trinajstić information content (AvgIpc) is 2.41. The lowest BCUT2D eigenvalue weighted by atomic mass is 9.95. The van der Waals surface area contributed by atoms with Crippen LogP contribution in [0.1, 0.15) is 27.7 Å². The standard InChI is InChI=1S/C11H19NO6/c1-10(2,3)18-9(17)12-5-6(13)7(14)11(12,4)8(15)16/h6-7,13-14H,5H2,1-4H3,(H,15,16)/t6-,7-,11-/m0/s1. The zero-order valence-corrected chi connectivity index (χ0v) is 10.9. The maximum Gasteiger partial charge on any atom is 0.411 e. The highest BCUT2D eigenvalue weighted by molar-refractivity contribution is 5.86. The maximum atomic E-state index is 11.9. The van der Waals surface area contributed by atoms with Gasteiger partial charge in [0.1, 0.15) is 17.8 Å². The first-order valence-electron chi connectivity index (χ1n) is 5.60. The van der Waals surface area contributed by atoms with Crippen LogP contribution in [0.15, 0.2) is 0 Å². The van der Waals surface area contributed by atoms with Gasteiger partial charge in [0.25, 0.3) is 0 Å². The van der Waals surface area contributed by atoms with Crippen molar-refractivity contribution in [1.29, 1.82) is 0 Å². The molecule has 0 radical (unpaired) electrons. The number of β-amino-alcohol motifs (C(OH)–C–C–N with tert-alkyl or cyclic N) is 1. The van der Waals surface area contributed by atoms with Crippen molar-refractivity contribution in [2.45, 2.75) is 51.0 Å². The summed E-state index contributed by atoms with van der Waals surface area (Å²) in [5.41, 5.74) is -2.67. The normalized spacial score (nSPS) is 32.4. The van der Waals surface area contributed by atoms with Gasteiger partial charge in [0, 0.05) is 0 Å². The second kappa shape index (κ2) is 4.40. The van der Waals surface area contributed by atoms with Gasteiger partial charge in [-0.25, -0.2) is 9.59 Å². The lowest BCUT2D eigenvalue weighted by Gasteiger charge is -2.34. The molecule has 1 aliphatic rings. The van der Waals surface area contributed by atoms with E-state index in [1.165, 1.54) is 6.92 Å². The van der Waals surface area contributed by atoms with E-state index in [-0.39, 0.29) is 6.54 Å². The van der Waals surface area contributed by atoms with Crippen molar-refractivity contribution in [2.75, 3.05) is 6.54 Å². The smallest absolute Gasteiger partial charge is 0.411 e. The first-order valence-corrected chi connectivity index (χ1v) is 5.60.